The van der Waals surface area contributed by atoms with E-state index in [1.54, 1.807) is 6.92 Å². The summed E-state index contributed by atoms with van der Waals surface area (Å²) in [5.74, 6) is -1.83. The van der Waals surface area contributed by atoms with Crippen LogP contribution >= 0.6 is 0 Å². The Bertz CT molecular complexity index is 543. The number of benzene rings is 1. The normalized spacial score (nSPS) is 11.7. The molecule has 0 radical (unpaired) electrons. The number of rotatable bonds is 6. The first kappa shape index (κ1) is 15.6. The van der Waals surface area contributed by atoms with Crippen molar-refractivity contribution in [1.82, 2.24) is 5.32 Å². The number of hydrogen-bond donors (Lipinski definition) is 3. The van der Waals surface area contributed by atoms with Crippen LogP contribution < -0.4 is 5.32 Å². The number of hydrogen-bond acceptors (Lipinski definition) is 5. The number of aliphatic hydroxyl groups excluding tert-OH is 1. The highest BCUT2D eigenvalue weighted by Crippen LogP contribution is 2.16. The Balaban J connectivity index is 2.64. The van der Waals surface area contributed by atoms with Crippen LogP contribution in [0.3, 0.4) is 0 Å². The van der Waals surface area contributed by atoms with Gasteiger partial charge in [0, 0.05) is 30.7 Å². The summed E-state index contributed by atoms with van der Waals surface area (Å²) in [4.78, 5) is 32.2. The molecule has 0 fully saturated rings. The highest BCUT2D eigenvalue weighted by molar-refractivity contribution is 5.95. The fraction of sp³-hybridized carbons (Fsp3) is 0.333. The number of carbonyl (C=O) groups is 2. The molecule has 0 saturated heterocycles. The van der Waals surface area contributed by atoms with Crippen molar-refractivity contribution >= 4 is 17.6 Å². The summed E-state index contributed by atoms with van der Waals surface area (Å²) in [6.45, 7) is 1.55. The van der Waals surface area contributed by atoms with Gasteiger partial charge in [0.1, 0.15) is 0 Å². The Kier molecular flexibility index (Phi) is 5.15. The lowest BCUT2D eigenvalue weighted by Gasteiger charge is -2.09. The van der Waals surface area contributed by atoms with E-state index in [1.807, 2.05) is 0 Å². The summed E-state index contributed by atoms with van der Waals surface area (Å²) < 4.78 is 0. The number of non-ortho nitro benzene ring substituents is 1. The van der Waals surface area contributed by atoms with Gasteiger partial charge in [-0.25, -0.2) is 4.79 Å². The Labute approximate surface area is 114 Å². The van der Waals surface area contributed by atoms with Gasteiger partial charge in [0.2, 0.25) is 0 Å². The average molecular weight is 282 g/mol. The predicted molar refractivity (Wildman–Crippen MR) is 68.4 cm³/mol. The fourth-order valence-electron chi connectivity index (χ4n) is 1.56. The maximum absolute atomic E-state index is 11.8. The lowest BCUT2D eigenvalue weighted by molar-refractivity contribution is -0.384. The van der Waals surface area contributed by atoms with Crippen molar-refractivity contribution in [3.05, 3.63) is 39.4 Å². The topological polar surface area (TPSA) is 130 Å². The third-order valence-electron chi connectivity index (χ3n) is 2.65. The molecule has 1 amide bonds. The number of aryl methyl sites for hydroxylation is 1. The van der Waals surface area contributed by atoms with Crippen molar-refractivity contribution in [3.8, 4) is 0 Å². The van der Waals surface area contributed by atoms with Gasteiger partial charge in [0.05, 0.1) is 4.92 Å². The average Bonchev–Trinajstić information content (AvgIpc) is 2.37. The molecule has 8 heteroatoms. The van der Waals surface area contributed by atoms with Crippen molar-refractivity contribution in [2.45, 2.75) is 19.4 Å². The molecular formula is C12H14N2O6. The number of amides is 1. The second-order valence-corrected chi connectivity index (χ2v) is 4.15. The van der Waals surface area contributed by atoms with Crippen molar-refractivity contribution < 1.29 is 24.7 Å². The lowest BCUT2D eigenvalue weighted by Crippen LogP contribution is -2.30. The first-order chi connectivity index (χ1) is 9.32. The van der Waals surface area contributed by atoms with E-state index in [4.69, 9.17) is 10.2 Å². The number of aliphatic hydroxyl groups is 1. The van der Waals surface area contributed by atoms with Crippen LogP contribution in [0.1, 0.15) is 22.3 Å². The zero-order chi connectivity index (χ0) is 15.3. The summed E-state index contributed by atoms with van der Waals surface area (Å²) >= 11 is 0. The van der Waals surface area contributed by atoms with Crippen LogP contribution in [0.5, 0.6) is 0 Å². The quantitative estimate of drug-likeness (QED) is 0.513. The van der Waals surface area contributed by atoms with E-state index in [2.05, 4.69) is 5.32 Å². The molecule has 1 atom stereocenters. The minimum Gasteiger partial charge on any atom is -0.479 e. The van der Waals surface area contributed by atoms with Crippen molar-refractivity contribution in [3.63, 3.8) is 0 Å². The number of carboxylic acid groups (broad SMARTS) is 1. The van der Waals surface area contributed by atoms with Crippen LogP contribution in [0.2, 0.25) is 0 Å². The molecule has 0 aliphatic heterocycles. The molecule has 0 aromatic heterocycles. The summed E-state index contributed by atoms with van der Waals surface area (Å²) in [5.41, 5.74) is 0.594. The van der Waals surface area contributed by atoms with E-state index in [1.165, 1.54) is 18.2 Å². The van der Waals surface area contributed by atoms with Crippen LogP contribution in [-0.4, -0.2) is 39.7 Å². The van der Waals surface area contributed by atoms with Gasteiger partial charge in [0.25, 0.3) is 11.6 Å². The highest BCUT2D eigenvalue weighted by atomic mass is 16.6. The molecule has 20 heavy (non-hydrogen) atoms. The molecule has 8 nitrogen and oxygen atoms in total. The van der Waals surface area contributed by atoms with Gasteiger partial charge in [-0.05, 0) is 18.6 Å². The Morgan fingerprint density at radius 3 is 2.60 bits per heavy atom. The van der Waals surface area contributed by atoms with Gasteiger partial charge >= 0.3 is 5.97 Å². The SMILES string of the molecule is Cc1cc([N+](=O)[O-])ccc1C(=O)NCCC(O)C(=O)O. The number of nitro groups is 1. The van der Waals surface area contributed by atoms with Gasteiger partial charge in [-0.2, -0.15) is 0 Å². The monoisotopic (exact) mass is 282 g/mol. The van der Waals surface area contributed by atoms with Gasteiger partial charge < -0.3 is 15.5 Å². The molecule has 0 spiro atoms. The third kappa shape index (κ3) is 4.02. The van der Waals surface area contributed by atoms with E-state index in [0.717, 1.165) is 0 Å². The van der Waals surface area contributed by atoms with Gasteiger partial charge in [-0.15, -0.1) is 0 Å². The summed E-state index contributed by atoms with van der Waals surface area (Å²) in [6, 6.07) is 3.82. The summed E-state index contributed by atoms with van der Waals surface area (Å²) in [7, 11) is 0. The van der Waals surface area contributed by atoms with Gasteiger partial charge in [-0.1, -0.05) is 0 Å². The first-order valence-electron chi connectivity index (χ1n) is 5.77. The molecule has 0 heterocycles. The molecule has 0 bridgehead atoms. The molecule has 0 saturated carbocycles. The Morgan fingerprint density at radius 2 is 2.10 bits per heavy atom. The molecule has 1 rings (SSSR count). The fourth-order valence-corrected chi connectivity index (χ4v) is 1.56. The number of nitrogens with one attached hydrogen (secondary N) is 1. The van der Waals surface area contributed by atoms with Crippen LogP contribution in [0.25, 0.3) is 0 Å². The molecule has 0 aliphatic carbocycles. The van der Waals surface area contributed by atoms with E-state index in [-0.39, 0.29) is 24.2 Å². The van der Waals surface area contributed by atoms with E-state index < -0.39 is 22.9 Å². The molecule has 1 aromatic carbocycles. The zero-order valence-corrected chi connectivity index (χ0v) is 10.7. The maximum Gasteiger partial charge on any atom is 0.332 e. The van der Waals surface area contributed by atoms with Crippen LogP contribution in [0, 0.1) is 17.0 Å². The molecule has 0 aliphatic rings. The standard InChI is InChI=1S/C12H14N2O6/c1-7-6-8(14(19)20)2-3-9(7)11(16)13-5-4-10(15)12(17)18/h2-3,6,10,15H,4-5H2,1H3,(H,13,16)(H,17,18). The van der Waals surface area contributed by atoms with Crippen molar-refractivity contribution in [2.24, 2.45) is 0 Å². The van der Waals surface area contributed by atoms with Crippen LogP contribution in [0.4, 0.5) is 5.69 Å². The highest BCUT2D eigenvalue weighted by Gasteiger charge is 2.15. The summed E-state index contributed by atoms with van der Waals surface area (Å²) in [5, 5.41) is 30.5. The number of carboxylic acids is 1. The van der Waals surface area contributed by atoms with E-state index in [9.17, 15) is 19.7 Å². The smallest absolute Gasteiger partial charge is 0.332 e. The minimum atomic E-state index is -1.53. The van der Waals surface area contributed by atoms with Crippen molar-refractivity contribution in [2.75, 3.05) is 6.54 Å². The second-order valence-electron chi connectivity index (χ2n) is 4.15. The lowest BCUT2D eigenvalue weighted by atomic mass is 10.1. The number of nitro benzene ring substituents is 1. The molecular weight excluding hydrogens is 268 g/mol. The number of nitrogens with zero attached hydrogens (tertiary/aromatic N) is 1. The number of aliphatic carboxylic acids is 1. The molecule has 1 aromatic rings. The van der Waals surface area contributed by atoms with Gasteiger partial charge in [0.15, 0.2) is 6.10 Å². The second kappa shape index (κ2) is 6.62. The molecule has 1 unspecified atom stereocenters. The third-order valence-corrected chi connectivity index (χ3v) is 2.65. The van der Waals surface area contributed by atoms with Crippen LogP contribution in [-0.2, 0) is 4.79 Å². The summed E-state index contributed by atoms with van der Waals surface area (Å²) in [6.07, 6.45) is -1.65. The zero-order valence-electron chi connectivity index (χ0n) is 10.7. The minimum absolute atomic E-state index is 0.0112. The molecule has 3 N–H and O–H groups in total. The van der Waals surface area contributed by atoms with Crippen LogP contribution in [0.15, 0.2) is 18.2 Å². The Morgan fingerprint density at radius 1 is 1.45 bits per heavy atom. The predicted octanol–water partition coefficient (Wildman–Crippen LogP) is 0.469. The maximum atomic E-state index is 11.8. The number of carbonyl (C=O) groups excluding carboxylic acids is 1. The largest absolute Gasteiger partial charge is 0.479 e. The Hall–Kier alpha value is -2.48. The van der Waals surface area contributed by atoms with Crippen molar-refractivity contribution in [1.29, 1.82) is 0 Å². The van der Waals surface area contributed by atoms with E-state index >= 15 is 0 Å². The first-order valence-corrected chi connectivity index (χ1v) is 5.77. The van der Waals surface area contributed by atoms with Gasteiger partial charge in [-0.3, -0.25) is 14.9 Å². The molecule has 108 valence electrons. The van der Waals surface area contributed by atoms with E-state index in [0.29, 0.717) is 5.56 Å².